The Labute approximate surface area is 196 Å². The van der Waals surface area contributed by atoms with Gasteiger partial charge in [-0.2, -0.15) is 0 Å². The topological polar surface area (TPSA) is 35.6 Å². The minimum atomic E-state index is 0. The molecule has 0 radical (unpaired) electrons. The number of piperidine rings is 1. The SMILES string of the molecule is Cl.Cl.O=C(C1CCN(Cc2ccccc2)CC1)N1CCNCC1c1ccccc1Cl. The number of rotatable bonds is 4. The van der Waals surface area contributed by atoms with Gasteiger partial charge in [-0.05, 0) is 43.1 Å². The van der Waals surface area contributed by atoms with Gasteiger partial charge < -0.3 is 10.2 Å². The maximum atomic E-state index is 13.3. The first-order valence-electron chi connectivity index (χ1n) is 10.2. The van der Waals surface area contributed by atoms with Crippen LogP contribution in [0.1, 0.15) is 30.0 Å². The lowest BCUT2D eigenvalue weighted by Gasteiger charge is -2.40. The van der Waals surface area contributed by atoms with Gasteiger partial charge in [-0.1, -0.05) is 60.1 Å². The molecule has 2 saturated heterocycles. The standard InChI is InChI=1S/C23H28ClN3O.2ClH/c24-21-9-5-4-8-20(21)22-16-25-12-15-27(22)23(28)19-10-13-26(14-11-19)17-18-6-2-1-3-7-18;;/h1-9,19,22,25H,10-17H2;2*1H. The number of halogens is 3. The first-order valence-corrected chi connectivity index (χ1v) is 10.6. The molecule has 164 valence electrons. The van der Waals surface area contributed by atoms with E-state index in [0.717, 1.165) is 62.7 Å². The van der Waals surface area contributed by atoms with Crippen LogP contribution in [0.2, 0.25) is 5.02 Å². The minimum Gasteiger partial charge on any atom is -0.333 e. The summed E-state index contributed by atoms with van der Waals surface area (Å²) in [5, 5.41) is 4.16. The van der Waals surface area contributed by atoms with E-state index in [1.807, 2.05) is 24.3 Å². The number of nitrogens with one attached hydrogen (secondary N) is 1. The molecule has 4 nitrogen and oxygen atoms in total. The molecule has 2 fully saturated rings. The van der Waals surface area contributed by atoms with E-state index >= 15 is 0 Å². The third-order valence-corrected chi connectivity index (χ3v) is 6.32. The summed E-state index contributed by atoms with van der Waals surface area (Å²) in [5.74, 6) is 0.417. The van der Waals surface area contributed by atoms with Crippen LogP contribution in [-0.4, -0.2) is 48.4 Å². The van der Waals surface area contributed by atoms with Crippen LogP contribution in [0.15, 0.2) is 54.6 Å². The summed E-state index contributed by atoms with van der Waals surface area (Å²) in [6.45, 7) is 5.29. The molecule has 1 unspecified atom stereocenters. The Kier molecular flexibility index (Phi) is 9.92. The summed E-state index contributed by atoms with van der Waals surface area (Å²) in [6, 6.07) is 18.5. The average Bonchev–Trinajstić information content (AvgIpc) is 2.75. The maximum absolute atomic E-state index is 13.3. The quantitative estimate of drug-likeness (QED) is 0.711. The largest absolute Gasteiger partial charge is 0.333 e. The summed E-state index contributed by atoms with van der Waals surface area (Å²) >= 11 is 6.44. The highest BCUT2D eigenvalue weighted by Crippen LogP contribution is 2.31. The van der Waals surface area contributed by atoms with Crippen LogP contribution < -0.4 is 5.32 Å². The van der Waals surface area contributed by atoms with Crippen LogP contribution in [-0.2, 0) is 11.3 Å². The average molecular weight is 471 g/mol. The second-order valence-electron chi connectivity index (χ2n) is 7.81. The molecule has 2 aromatic carbocycles. The van der Waals surface area contributed by atoms with Crippen molar-refractivity contribution in [1.29, 1.82) is 0 Å². The molecule has 2 aliphatic heterocycles. The molecular formula is C23H30Cl3N3O. The molecule has 0 bridgehead atoms. The molecule has 1 amide bonds. The minimum absolute atomic E-state index is 0. The summed E-state index contributed by atoms with van der Waals surface area (Å²) in [4.78, 5) is 17.9. The number of carbonyl (C=O) groups is 1. The van der Waals surface area contributed by atoms with Crippen molar-refractivity contribution in [3.8, 4) is 0 Å². The number of nitrogens with zero attached hydrogens (tertiary/aromatic N) is 2. The number of amides is 1. The zero-order chi connectivity index (χ0) is 19.3. The predicted molar refractivity (Wildman–Crippen MR) is 128 cm³/mol. The molecule has 0 saturated carbocycles. The van der Waals surface area contributed by atoms with Crippen molar-refractivity contribution >= 4 is 42.3 Å². The van der Waals surface area contributed by atoms with Crippen LogP contribution in [0.5, 0.6) is 0 Å². The van der Waals surface area contributed by atoms with Crippen molar-refractivity contribution < 1.29 is 4.79 Å². The summed E-state index contributed by atoms with van der Waals surface area (Å²) in [7, 11) is 0. The van der Waals surface area contributed by atoms with Gasteiger partial charge in [-0.25, -0.2) is 0 Å². The van der Waals surface area contributed by atoms with E-state index in [-0.39, 0.29) is 36.8 Å². The Morgan fingerprint density at radius 1 is 0.967 bits per heavy atom. The van der Waals surface area contributed by atoms with Gasteiger partial charge >= 0.3 is 0 Å². The van der Waals surface area contributed by atoms with E-state index in [1.54, 1.807) is 0 Å². The van der Waals surface area contributed by atoms with Crippen LogP contribution in [0.25, 0.3) is 0 Å². The number of hydrogen-bond acceptors (Lipinski definition) is 3. The van der Waals surface area contributed by atoms with Gasteiger partial charge in [0, 0.05) is 37.1 Å². The zero-order valence-corrected chi connectivity index (χ0v) is 19.4. The normalized spacial score (nSPS) is 20.2. The Hall–Kier alpha value is -1.30. The van der Waals surface area contributed by atoms with E-state index < -0.39 is 0 Å². The lowest BCUT2D eigenvalue weighted by molar-refractivity contribution is -0.140. The number of hydrogen-bond donors (Lipinski definition) is 1. The smallest absolute Gasteiger partial charge is 0.226 e. The van der Waals surface area contributed by atoms with E-state index in [0.29, 0.717) is 5.91 Å². The van der Waals surface area contributed by atoms with Gasteiger partial charge in [0.1, 0.15) is 0 Å². The van der Waals surface area contributed by atoms with Crippen LogP contribution in [0.4, 0.5) is 0 Å². The summed E-state index contributed by atoms with van der Waals surface area (Å²) < 4.78 is 0. The molecule has 0 aromatic heterocycles. The summed E-state index contributed by atoms with van der Waals surface area (Å²) in [5.41, 5.74) is 2.39. The van der Waals surface area contributed by atoms with Gasteiger partial charge in [0.2, 0.25) is 5.91 Å². The first kappa shape index (κ1) is 25.0. The fourth-order valence-electron chi connectivity index (χ4n) is 4.41. The predicted octanol–water partition coefficient (Wildman–Crippen LogP) is 4.57. The van der Waals surface area contributed by atoms with Crippen molar-refractivity contribution in [1.82, 2.24) is 15.1 Å². The van der Waals surface area contributed by atoms with Crippen LogP contribution in [0, 0.1) is 5.92 Å². The van der Waals surface area contributed by atoms with Crippen LogP contribution in [0.3, 0.4) is 0 Å². The molecule has 30 heavy (non-hydrogen) atoms. The fourth-order valence-corrected chi connectivity index (χ4v) is 4.67. The van der Waals surface area contributed by atoms with Crippen molar-refractivity contribution in [3.63, 3.8) is 0 Å². The molecule has 2 aliphatic rings. The number of benzene rings is 2. The van der Waals surface area contributed by atoms with Crippen molar-refractivity contribution in [2.24, 2.45) is 5.92 Å². The van der Waals surface area contributed by atoms with Crippen LogP contribution >= 0.6 is 36.4 Å². The van der Waals surface area contributed by atoms with E-state index in [1.165, 1.54) is 5.56 Å². The highest BCUT2D eigenvalue weighted by Gasteiger charge is 2.34. The van der Waals surface area contributed by atoms with Gasteiger partial charge in [-0.15, -0.1) is 24.8 Å². The Morgan fingerprint density at radius 3 is 2.33 bits per heavy atom. The third kappa shape index (κ3) is 5.89. The molecular weight excluding hydrogens is 441 g/mol. The Morgan fingerprint density at radius 2 is 1.63 bits per heavy atom. The molecule has 0 aliphatic carbocycles. The van der Waals surface area contributed by atoms with Gasteiger partial charge in [0.25, 0.3) is 0 Å². The maximum Gasteiger partial charge on any atom is 0.226 e. The van der Waals surface area contributed by atoms with Gasteiger partial charge in [0.15, 0.2) is 0 Å². The summed E-state index contributed by atoms with van der Waals surface area (Å²) in [6.07, 6.45) is 1.87. The molecule has 2 aromatic rings. The Balaban J connectivity index is 0.00000160. The molecule has 2 heterocycles. The van der Waals surface area contributed by atoms with E-state index in [9.17, 15) is 4.79 Å². The fraction of sp³-hybridized carbons (Fsp3) is 0.435. The number of carbonyl (C=O) groups excluding carboxylic acids is 1. The van der Waals surface area contributed by atoms with Gasteiger partial charge in [0.05, 0.1) is 6.04 Å². The van der Waals surface area contributed by atoms with Gasteiger partial charge in [-0.3, -0.25) is 9.69 Å². The first-order chi connectivity index (χ1) is 13.7. The number of likely N-dealkylation sites (tertiary alicyclic amines) is 1. The van der Waals surface area contributed by atoms with Crippen molar-refractivity contribution in [3.05, 3.63) is 70.7 Å². The molecule has 7 heteroatoms. The van der Waals surface area contributed by atoms with E-state index in [4.69, 9.17) is 11.6 Å². The molecule has 0 spiro atoms. The lowest BCUT2D eigenvalue weighted by Crippen LogP contribution is -2.51. The highest BCUT2D eigenvalue weighted by molar-refractivity contribution is 6.31. The molecule has 1 atom stereocenters. The molecule has 1 N–H and O–H groups in total. The monoisotopic (exact) mass is 469 g/mol. The second kappa shape index (κ2) is 11.9. The van der Waals surface area contributed by atoms with E-state index in [2.05, 4.69) is 45.4 Å². The lowest BCUT2D eigenvalue weighted by atomic mass is 9.93. The highest BCUT2D eigenvalue weighted by atomic mass is 35.5. The van der Waals surface area contributed by atoms with Crippen molar-refractivity contribution in [2.45, 2.75) is 25.4 Å². The zero-order valence-electron chi connectivity index (χ0n) is 17.0. The van der Waals surface area contributed by atoms with Crippen molar-refractivity contribution in [2.75, 3.05) is 32.7 Å². The molecule has 4 rings (SSSR count). The second-order valence-corrected chi connectivity index (χ2v) is 8.22. The number of piperazine rings is 1. The third-order valence-electron chi connectivity index (χ3n) is 5.98. The Bertz CT molecular complexity index is 797.